The van der Waals surface area contributed by atoms with E-state index in [2.05, 4.69) is 20.5 Å². The first-order valence-corrected chi connectivity index (χ1v) is 13.0. The van der Waals surface area contributed by atoms with E-state index in [0.717, 1.165) is 19.2 Å². The highest BCUT2D eigenvalue weighted by molar-refractivity contribution is 7.91. The van der Waals surface area contributed by atoms with Gasteiger partial charge in [0.25, 0.3) is 17.7 Å². The SMILES string of the molecule is Cc1c(C(F)(F)F)nnc(Oc2c(F)cc(C3(C(F)(F)F)CC3)nc2F)c1C(=O)Nc1cccc(S(C)(=N)=O)c1. The standard InChI is InChI=1S/C23H17F8N5O3S/c1-10-15(19(37)33-11-4-3-5-12(8-11)40(2,32)38)20(36-35-17(10)22(26,27)28)39-16-13(24)9-14(34-18(16)25)21(6-7-21)23(29,30)31/h3-5,8-9,32H,6-7H2,1-2H3,(H,33,37). The molecule has 1 fully saturated rings. The number of carbonyl (C=O) groups excluding carboxylic acids is 1. The lowest BCUT2D eigenvalue weighted by Gasteiger charge is -2.20. The van der Waals surface area contributed by atoms with Gasteiger partial charge in [-0.25, -0.2) is 18.4 Å². The van der Waals surface area contributed by atoms with Crippen molar-refractivity contribution in [1.82, 2.24) is 15.2 Å². The van der Waals surface area contributed by atoms with Crippen LogP contribution in [0.4, 0.5) is 40.8 Å². The van der Waals surface area contributed by atoms with Crippen molar-refractivity contribution in [1.29, 1.82) is 4.78 Å². The molecule has 1 aromatic carbocycles. The molecule has 3 aromatic rings. The van der Waals surface area contributed by atoms with Crippen molar-refractivity contribution in [2.75, 3.05) is 11.6 Å². The van der Waals surface area contributed by atoms with Gasteiger partial charge in [0.2, 0.25) is 5.75 Å². The molecule has 40 heavy (non-hydrogen) atoms. The lowest BCUT2D eigenvalue weighted by molar-refractivity contribution is -0.161. The zero-order valence-corrected chi connectivity index (χ0v) is 21.1. The lowest BCUT2D eigenvalue weighted by Crippen LogP contribution is -2.30. The van der Waals surface area contributed by atoms with Crippen molar-refractivity contribution < 1.29 is 48.9 Å². The summed E-state index contributed by atoms with van der Waals surface area (Å²) in [5.74, 6) is -7.40. The van der Waals surface area contributed by atoms with E-state index in [-0.39, 0.29) is 16.6 Å². The Labute approximate surface area is 220 Å². The minimum atomic E-state index is -5.11. The Bertz CT molecular complexity index is 1600. The first kappa shape index (κ1) is 29.1. The molecule has 214 valence electrons. The second kappa shape index (κ2) is 9.64. The maximum atomic E-state index is 14.8. The number of anilines is 1. The Balaban J connectivity index is 1.77. The number of hydrogen-bond acceptors (Lipinski definition) is 7. The highest BCUT2D eigenvalue weighted by atomic mass is 32.2. The molecule has 1 amide bonds. The lowest BCUT2D eigenvalue weighted by atomic mass is 10.0. The predicted octanol–water partition coefficient (Wildman–Crippen LogP) is 6.15. The van der Waals surface area contributed by atoms with Gasteiger partial charge in [-0.15, -0.1) is 10.2 Å². The van der Waals surface area contributed by atoms with Crippen LogP contribution in [0.1, 0.15) is 40.2 Å². The summed E-state index contributed by atoms with van der Waals surface area (Å²) in [6.45, 7) is 0.812. The van der Waals surface area contributed by atoms with Gasteiger partial charge in [0, 0.05) is 22.9 Å². The largest absolute Gasteiger partial charge is 0.435 e. The molecular weight excluding hydrogens is 578 g/mol. The molecule has 1 aliphatic rings. The van der Waals surface area contributed by atoms with Gasteiger partial charge >= 0.3 is 12.4 Å². The first-order chi connectivity index (χ1) is 18.3. The molecule has 0 saturated heterocycles. The van der Waals surface area contributed by atoms with Crippen LogP contribution in [0.2, 0.25) is 0 Å². The van der Waals surface area contributed by atoms with Gasteiger partial charge in [0.05, 0.1) is 15.4 Å². The third kappa shape index (κ3) is 5.41. The molecule has 8 nitrogen and oxygen atoms in total. The molecule has 0 bridgehead atoms. The van der Waals surface area contributed by atoms with Crippen LogP contribution in [0.5, 0.6) is 11.6 Å². The number of rotatable bonds is 6. The fraction of sp³-hybridized carbons (Fsp3) is 0.304. The Hall–Kier alpha value is -3.89. The molecule has 17 heteroatoms. The molecule has 4 rings (SSSR count). The van der Waals surface area contributed by atoms with E-state index in [1.807, 2.05) is 0 Å². The number of benzene rings is 1. The third-order valence-electron chi connectivity index (χ3n) is 6.09. The molecule has 1 saturated carbocycles. The number of amides is 1. The molecular formula is C23H17F8N5O3S. The van der Waals surface area contributed by atoms with Gasteiger partial charge < -0.3 is 10.1 Å². The third-order valence-corrected chi connectivity index (χ3v) is 7.24. The maximum Gasteiger partial charge on any atom is 0.435 e. The van der Waals surface area contributed by atoms with Crippen LogP contribution in [-0.4, -0.2) is 37.7 Å². The Morgan fingerprint density at radius 3 is 2.27 bits per heavy atom. The van der Waals surface area contributed by atoms with Crippen molar-refractivity contribution in [2.24, 2.45) is 0 Å². The summed E-state index contributed by atoms with van der Waals surface area (Å²) in [6, 6.07) is 5.30. The summed E-state index contributed by atoms with van der Waals surface area (Å²) >= 11 is 0. The van der Waals surface area contributed by atoms with Crippen LogP contribution in [0.15, 0.2) is 35.2 Å². The summed E-state index contributed by atoms with van der Waals surface area (Å²) in [5, 5.41) is 8.31. The zero-order chi connectivity index (χ0) is 29.8. The normalized spacial score (nSPS) is 16.2. The molecule has 0 spiro atoms. The van der Waals surface area contributed by atoms with E-state index in [1.54, 1.807) is 0 Å². The molecule has 1 atom stereocenters. The highest BCUT2D eigenvalue weighted by Crippen LogP contribution is 2.58. The number of ether oxygens (including phenoxy) is 1. The summed E-state index contributed by atoms with van der Waals surface area (Å²) < 4.78 is 135. The van der Waals surface area contributed by atoms with Crippen LogP contribution in [0.25, 0.3) is 0 Å². The molecule has 0 radical (unpaired) electrons. The van der Waals surface area contributed by atoms with Crippen LogP contribution in [0, 0.1) is 23.5 Å². The van der Waals surface area contributed by atoms with Crippen molar-refractivity contribution in [2.45, 2.75) is 42.4 Å². The van der Waals surface area contributed by atoms with Gasteiger partial charge in [-0.2, -0.15) is 30.7 Å². The number of hydrogen-bond donors (Lipinski definition) is 2. The summed E-state index contributed by atoms with van der Waals surface area (Å²) in [7, 11) is -3.25. The van der Waals surface area contributed by atoms with Crippen molar-refractivity contribution in [3.05, 3.63) is 64.6 Å². The molecule has 2 N–H and O–H groups in total. The van der Waals surface area contributed by atoms with E-state index in [4.69, 9.17) is 9.52 Å². The Kier molecular flexibility index (Phi) is 7.01. The minimum absolute atomic E-state index is 0.0232. The second-order valence-corrected chi connectivity index (χ2v) is 11.1. The Morgan fingerprint density at radius 2 is 1.75 bits per heavy atom. The molecule has 1 unspecified atom stereocenters. The molecule has 1 aliphatic carbocycles. The van der Waals surface area contributed by atoms with E-state index < -0.39 is 92.2 Å². The van der Waals surface area contributed by atoms with Crippen molar-refractivity contribution in [3.63, 3.8) is 0 Å². The fourth-order valence-electron chi connectivity index (χ4n) is 3.83. The van der Waals surface area contributed by atoms with E-state index in [9.17, 15) is 44.1 Å². The number of alkyl halides is 6. The van der Waals surface area contributed by atoms with Crippen LogP contribution in [-0.2, 0) is 21.3 Å². The molecule has 2 aromatic heterocycles. The van der Waals surface area contributed by atoms with Gasteiger partial charge in [0.15, 0.2) is 11.5 Å². The number of carbonyl (C=O) groups is 1. The van der Waals surface area contributed by atoms with Gasteiger partial charge in [-0.1, -0.05) is 6.07 Å². The molecule has 0 aliphatic heterocycles. The second-order valence-electron chi connectivity index (χ2n) is 8.97. The monoisotopic (exact) mass is 595 g/mol. The number of halogens is 8. The zero-order valence-electron chi connectivity index (χ0n) is 20.3. The number of nitrogens with one attached hydrogen (secondary N) is 2. The van der Waals surface area contributed by atoms with Gasteiger partial charge in [-0.3, -0.25) is 4.79 Å². The summed E-state index contributed by atoms with van der Waals surface area (Å²) in [4.78, 5) is 16.2. The Morgan fingerprint density at radius 1 is 1.10 bits per heavy atom. The van der Waals surface area contributed by atoms with Crippen molar-refractivity contribution in [3.8, 4) is 11.6 Å². The molecule has 2 heterocycles. The quantitative estimate of drug-likeness (QED) is 0.261. The van der Waals surface area contributed by atoms with E-state index >= 15 is 0 Å². The van der Waals surface area contributed by atoms with Gasteiger partial charge in [0.1, 0.15) is 11.0 Å². The van der Waals surface area contributed by atoms with E-state index in [0.29, 0.717) is 0 Å². The van der Waals surface area contributed by atoms with Crippen LogP contribution < -0.4 is 10.1 Å². The average molecular weight is 595 g/mol. The average Bonchev–Trinajstić information content (AvgIpc) is 3.62. The predicted molar refractivity (Wildman–Crippen MR) is 122 cm³/mol. The highest BCUT2D eigenvalue weighted by Gasteiger charge is 2.65. The number of aromatic nitrogens is 3. The number of nitrogens with zero attached hydrogens (tertiary/aromatic N) is 3. The van der Waals surface area contributed by atoms with Crippen molar-refractivity contribution >= 4 is 21.3 Å². The summed E-state index contributed by atoms with van der Waals surface area (Å²) in [6.07, 6.45) is -9.77. The fourth-order valence-corrected chi connectivity index (χ4v) is 4.52. The van der Waals surface area contributed by atoms with E-state index in [1.165, 1.54) is 18.2 Å². The van der Waals surface area contributed by atoms with Crippen LogP contribution in [0.3, 0.4) is 0 Å². The number of pyridine rings is 1. The van der Waals surface area contributed by atoms with Gasteiger partial charge in [-0.05, 0) is 43.5 Å². The minimum Gasteiger partial charge on any atom is -0.429 e. The summed E-state index contributed by atoms with van der Waals surface area (Å²) in [5.41, 5.74) is -7.05. The van der Waals surface area contributed by atoms with Crippen LogP contribution >= 0.6 is 0 Å². The topological polar surface area (TPSA) is 118 Å². The smallest absolute Gasteiger partial charge is 0.429 e. The first-order valence-electron chi connectivity index (χ1n) is 11.1. The maximum absolute atomic E-state index is 14.8.